The van der Waals surface area contributed by atoms with Gasteiger partial charge in [0.25, 0.3) is 0 Å². The van der Waals surface area contributed by atoms with Crippen LogP contribution in [-0.4, -0.2) is 0 Å². The predicted octanol–water partition coefficient (Wildman–Crippen LogP) is 4.93. The molecule has 1 N–H and O–H groups in total. The number of thiophene rings is 1. The number of rotatable bonds is 3. The summed E-state index contributed by atoms with van der Waals surface area (Å²) in [5, 5.41) is 7.82. The average molecular weight is 277 g/mol. The lowest BCUT2D eigenvalue weighted by atomic mass is 10.1. The van der Waals surface area contributed by atoms with Crippen molar-refractivity contribution < 1.29 is 0 Å². The summed E-state index contributed by atoms with van der Waals surface area (Å²) in [5.41, 5.74) is 8.22. The molecule has 0 spiro atoms. The molecule has 0 radical (unpaired) electrons. The third-order valence-corrected chi connectivity index (χ3v) is 4.60. The van der Waals surface area contributed by atoms with Crippen LogP contribution in [0.4, 0.5) is 5.69 Å². The van der Waals surface area contributed by atoms with E-state index >= 15 is 0 Å². The van der Waals surface area contributed by atoms with Crippen LogP contribution in [0.5, 0.6) is 0 Å². The summed E-state index contributed by atoms with van der Waals surface area (Å²) in [6.45, 7) is 0.898. The quantitative estimate of drug-likeness (QED) is 0.560. The molecular formula is C18H15NS. The summed E-state index contributed by atoms with van der Waals surface area (Å²) < 4.78 is 0. The molecule has 3 aromatic rings. The Morgan fingerprint density at radius 2 is 1.85 bits per heavy atom. The molecule has 2 aromatic carbocycles. The normalized spacial score (nSPS) is 12.0. The van der Waals surface area contributed by atoms with Crippen LogP contribution in [-0.2, 0) is 13.0 Å². The minimum absolute atomic E-state index is 0.898. The zero-order chi connectivity index (χ0) is 13.4. The fourth-order valence-corrected chi connectivity index (χ4v) is 3.52. The van der Waals surface area contributed by atoms with Gasteiger partial charge in [0, 0.05) is 12.2 Å². The minimum Gasteiger partial charge on any atom is -0.381 e. The zero-order valence-corrected chi connectivity index (χ0v) is 11.9. The Kier molecular flexibility index (Phi) is 2.82. The van der Waals surface area contributed by atoms with Gasteiger partial charge in [-0.3, -0.25) is 0 Å². The molecule has 0 aliphatic heterocycles. The Morgan fingerprint density at radius 1 is 0.950 bits per heavy atom. The maximum absolute atomic E-state index is 3.51. The Balaban J connectivity index is 1.59. The lowest BCUT2D eigenvalue weighted by Crippen LogP contribution is -1.98. The van der Waals surface area contributed by atoms with Gasteiger partial charge in [0.2, 0.25) is 0 Å². The van der Waals surface area contributed by atoms with E-state index < -0.39 is 0 Å². The van der Waals surface area contributed by atoms with Gasteiger partial charge in [-0.25, -0.2) is 0 Å². The van der Waals surface area contributed by atoms with E-state index in [2.05, 4.69) is 64.6 Å². The molecule has 1 aliphatic rings. The minimum atomic E-state index is 0.898. The first-order valence-electron chi connectivity index (χ1n) is 6.86. The van der Waals surface area contributed by atoms with Gasteiger partial charge in [0.05, 0.1) is 0 Å². The molecule has 1 aliphatic carbocycles. The van der Waals surface area contributed by atoms with Crippen LogP contribution < -0.4 is 5.32 Å². The van der Waals surface area contributed by atoms with Crippen LogP contribution in [0.2, 0.25) is 0 Å². The summed E-state index contributed by atoms with van der Waals surface area (Å²) >= 11 is 1.75. The van der Waals surface area contributed by atoms with Crippen molar-refractivity contribution in [3.05, 3.63) is 76.0 Å². The van der Waals surface area contributed by atoms with Crippen LogP contribution in [0.1, 0.15) is 16.7 Å². The Labute approximate surface area is 122 Å². The molecule has 2 heteroatoms. The molecule has 20 heavy (non-hydrogen) atoms. The Hall–Kier alpha value is -2.06. The van der Waals surface area contributed by atoms with Gasteiger partial charge in [0.1, 0.15) is 0 Å². The molecule has 0 saturated carbocycles. The molecular weight excluding hydrogens is 262 g/mol. The Bertz CT molecular complexity index is 744. The van der Waals surface area contributed by atoms with E-state index in [-0.39, 0.29) is 0 Å². The van der Waals surface area contributed by atoms with E-state index in [1.165, 1.54) is 33.5 Å². The highest BCUT2D eigenvalue weighted by Gasteiger charge is 2.17. The molecule has 0 fully saturated rings. The van der Waals surface area contributed by atoms with Gasteiger partial charge in [-0.15, -0.1) is 0 Å². The number of benzene rings is 2. The van der Waals surface area contributed by atoms with Crippen LogP contribution in [0.3, 0.4) is 0 Å². The second kappa shape index (κ2) is 4.80. The highest BCUT2D eigenvalue weighted by atomic mass is 32.1. The van der Waals surface area contributed by atoms with Crippen molar-refractivity contribution in [1.29, 1.82) is 0 Å². The molecule has 0 unspecified atom stereocenters. The number of nitrogens with one attached hydrogen (secondary N) is 1. The van der Waals surface area contributed by atoms with E-state index in [4.69, 9.17) is 0 Å². The molecule has 1 aromatic heterocycles. The van der Waals surface area contributed by atoms with Crippen molar-refractivity contribution in [3.8, 4) is 11.1 Å². The fraction of sp³-hybridized carbons (Fsp3) is 0.111. The molecule has 98 valence electrons. The third-order valence-electron chi connectivity index (χ3n) is 3.87. The van der Waals surface area contributed by atoms with Crippen molar-refractivity contribution in [3.63, 3.8) is 0 Å². The molecule has 0 saturated heterocycles. The van der Waals surface area contributed by atoms with Gasteiger partial charge in [-0.1, -0.05) is 30.3 Å². The lowest BCUT2D eigenvalue weighted by molar-refractivity contribution is 1.16. The summed E-state index contributed by atoms with van der Waals surface area (Å²) in [6.07, 6.45) is 1.06. The maximum Gasteiger partial charge on any atom is 0.0409 e. The predicted molar refractivity (Wildman–Crippen MR) is 86.3 cm³/mol. The van der Waals surface area contributed by atoms with E-state index in [0.29, 0.717) is 0 Å². The van der Waals surface area contributed by atoms with Gasteiger partial charge < -0.3 is 5.32 Å². The smallest absolute Gasteiger partial charge is 0.0409 e. The molecule has 0 bridgehead atoms. The van der Waals surface area contributed by atoms with Crippen molar-refractivity contribution >= 4 is 17.0 Å². The number of hydrogen-bond donors (Lipinski definition) is 1. The third kappa shape index (κ3) is 2.02. The van der Waals surface area contributed by atoms with Gasteiger partial charge in [-0.2, -0.15) is 11.3 Å². The highest BCUT2D eigenvalue weighted by Crippen LogP contribution is 2.37. The first-order valence-corrected chi connectivity index (χ1v) is 7.80. The van der Waals surface area contributed by atoms with E-state index in [9.17, 15) is 0 Å². The average Bonchev–Trinajstić information content (AvgIpc) is 3.12. The van der Waals surface area contributed by atoms with Crippen LogP contribution in [0, 0.1) is 0 Å². The highest BCUT2D eigenvalue weighted by molar-refractivity contribution is 7.07. The van der Waals surface area contributed by atoms with Crippen molar-refractivity contribution in [2.45, 2.75) is 13.0 Å². The first kappa shape index (κ1) is 11.7. The topological polar surface area (TPSA) is 12.0 Å². The Morgan fingerprint density at radius 3 is 2.75 bits per heavy atom. The van der Waals surface area contributed by atoms with Crippen LogP contribution in [0.15, 0.2) is 59.3 Å². The number of hydrogen-bond acceptors (Lipinski definition) is 2. The zero-order valence-electron chi connectivity index (χ0n) is 11.1. The van der Waals surface area contributed by atoms with Gasteiger partial charge in [-0.05, 0) is 63.2 Å². The van der Waals surface area contributed by atoms with Gasteiger partial charge >= 0.3 is 0 Å². The number of fused-ring (bicyclic) bond motifs is 3. The molecule has 4 rings (SSSR count). The summed E-state index contributed by atoms with van der Waals surface area (Å²) in [5.74, 6) is 0. The molecule has 1 nitrogen and oxygen atoms in total. The monoisotopic (exact) mass is 277 g/mol. The second-order valence-electron chi connectivity index (χ2n) is 5.19. The molecule has 0 amide bonds. The van der Waals surface area contributed by atoms with Crippen LogP contribution >= 0.6 is 11.3 Å². The van der Waals surface area contributed by atoms with Crippen molar-refractivity contribution in [2.24, 2.45) is 0 Å². The maximum atomic E-state index is 3.51. The largest absolute Gasteiger partial charge is 0.381 e. The van der Waals surface area contributed by atoms with E-state index in [1.54, 1.807) is 11.3 Å². The van der Waals surface area contributed by atoms with E-state index in [0.717, 1.165) is 13.0 Å². The summed E-state index contributed by atoms with van der Waals surface area (Å²) in [6, 6.07) is 17.6. The lowest BCUT2D eigenvalue weighted by Gasteiger charge is -2.08. The SMILES string of the molecule is c1ccc2c(c1)Cc1cc(NCc3ccsc3)ccc1-2. The molecule has 0 atom stereocenters. The fourth-order valence-electron chi connectivity index (χ4n) is 2.85. The summed E-state index contributed by atoms with van der Waals surface area (Å²) in [7, 11) is 0. The van der Waals surface area contributed by atoms with Gasteiger partial charge in [0.15, 0.2) is 0 Å². The van der Waals surface area contributed by atoms with Crippen molar-refractivity contribution in [2.75, 3.05) is 5.32 Å². The molecule has 1 heterocycles. The van der Waals surface area contributed by atoms with Crippen LogP contribution in [0.25, 0.3) is 11.1 Å². The second-order valence-corrected chi connectivity index (χ2v) is 5.97. The van der Waals surface area contributed by atoms with E-state index in [1.807, 2.05) is 0 Å². The summed E-state index contributed by atoms with van der Waals surface area (Å²) in [4.78, 5) is 0. The number of anilines is 1. The first-order chi connectivity index (χ1) is 9.90. The van der Waals surface area contributed by atoms with Crippen molar-refractivity contribution in [1.82, 2.24) is 0 Å². The standard InChI is InChI=1S/C18H15NS/c1-2-4-17-14(3-1)9-15-10-16(5-6-18(15)17)19-11-13-7-8-20-12-13/h1-8,10,12,19H,9,11H2.